The van der Waals surface area contributed by atoms with Crippen molar-refractivity contribution in [1.29, 1.82) is 5.26 Å². The van der Waals surface area contributed by atoms with E-state index in [9.17, 15) is 18.0 Å². The second-order valence-corrected chi connectivity index (χ2v) is 6.69. The molecule has 0 bridgehead atoms. The minimum Gasteiger partial charge on any atom is -0.380 e. The molecule has 0 spiro atoms. The first-order valence-corrected chi connectivity index (χ1v) is 8.65. The van der Waals surface area contributed by atoms with Crippen molar-refractivity contribution in [3.63, 3.8) is 0 Å². The second-order valence-electron chi connectivity index (χ2n) is 6.69. The standard InChI is InChI=1S/C19H18F3N5O/c1-10(2)26-16-13(18(28)24-6-5-19(20,21)22)9-25-15-12-4-3-11(8-23)7-14(12)27-17(15)16/h3-4,7,9-10,27H,5-6H2,1-2H3,(H,24,28)(H,25,26). The monoisotopic (exact) mass is 389 g/mol. The zero-order valence-electron chi connectivity index (χ0n) is 15.2. The van der Waals surface area contributed by atoms with E-state index >= 15 is 0 Å². The molecule has 0 unspecified atom stereocenters. The first-order valence-electron chi connectivity index (χ1n) is 8.65. The fraction of sp³-hybridized carbons (Fsp3) is 0.316. The number of nitrogens with one attached hydrogen (secondary N) is 3. The molecule has 0 fully saturated rings. The lowest BCUT2D eigenvalue weighted by atomic mass is 10.1. The molecule has 0 aliphatic carbocycles. The number of nitrogens with zero attached hydrogens (tertiary/aromatic N) is 2. The van der Waals surface area contributed by atoms with Crippen LogP contribution in [-0.4, -0.2) is 34.6 Å². The highest BCUT2D eigenvalue weighted by atomic mass is 19.4. The Morgan fingerprint density at radius 3 is 2.75 bits per heavy atom. The number of hydrogen-bond acceptors (Lipinski definition) is 4. The molecular formula is C19H18F3N5O. The summed E-state index contributed by atoms with van der Waals surface area (Å²) in [4.78, 5) is 20.0. The van der Waals surface area contributed by atoms with Crippen molar-refractivity contribution in [2.45, 2.75) is 32.5 Å². The molecule has 9 heteroatoms. The molecule has 2 aromatic heterocycles. The molecule has 28 heavy (non-hydrogen) atoms. The van der Waals surface area contributed by atoms with E-state index in [1.165, 1.54) is 6.20 Å². The van der Waals surface area contributed by atoms with Crippen molar-refractivity contribution in [2.24, 2.45) is 0 Å². The van der Waals surface area contributed by atoms with Gasteiger partial charge in [0, 0.05) is 29.7 Å². The van der Waals surface area contributed by atoms with Crippen molar-refractivity contribution in [3.05, 3.63) is 35.5 Å². The van der Waals surface area contributed by atoms with Gasteiger partial charge in [0.1, 0.15) is 0 Å². The Hall–Kier alpha value is -3.28. The van der Waals surface area contributed by atoms with Gasteiger partial charge in [0.2, 0.25) is 0 Å². The smallest absolute Gasteiger partial charge is 0.380 e. The Morgan fingerprint density at radius 2 is 2.11 bits per heavy atom. The maximum Gasteiger partial charge on any atom is 0.390 e. The molecule has 0 aliphatic heterocycles. The minimum absolute atomic E-state index is 0.0339. The van der Waals surface area contributed by atoms with Crippen molar-refractivity contribution in [3.8, 4) is 6.07 Å². The van der Waals surface area contributed by atoms with E-state index < -0.39 is 25.0 Å². The number of carbonyl (C=O) groups is 1. The Labute approximate surface area is 158 Å². The molecular weight excluding hydrogens is 371 g/mol. The average molecular weight is 389 g/mol. The first-order chi connectivity index (χ1) is 13.2. The van der Waals surface area contributed by atoms with Crippen LogP contribution in [0.15, 0.2) is 24.4 Å². The minimum atomic E-state index is -4.34. The molecule has 0 atom stereocenters. The van der Waals surface area contributed by atoms with Gasteiger partial charge in [0.05, 0.1) is 40.3 Å². The lowest BCUT2D eigenvalue weighted by molar-refractivity contribution is -0.132. The number of halogens is 3. The number of alkyl halides is 3. The number of fused-ring (bicyclic) bond motifs is 3. The van der Waals surface area contributed by atoms with Crippen LogP contribution >= 0.6 is 0 Å². The number of benzene rings is 1. The van der Waals surface area contributed by atoms with Crippen molar-refractivity contribution < 1.29 is 18.0 Å². The average Bonchev–Trinajstić information content (AvgIpc) is 2.98. The van der Waals surface area contributed by atoms with Crippen molar-refractivity contribution in [2.75, 3.05) is 11.9 Å². The van der Waals surface area contributed by atoms with Crippen LogP contribution in [0.3, 0.4) is 0 Å². The topological polar surface area (TPSA) is 93.6 Å². The van der Waals surface area contributed by atoms with Gasteiger partial charge in [-0.2, -0.15) is 18.4 Å². The fourth-order valence-corrected chi connectivity index (χ4v) is 2.92. The molecule has 3 N–H and O–H groups in total. The number of aromatic nitrogens is 2. The molecule has 1 aromatic carbocycles. The van der Waals surface area contributed by atoms with Gasteiger partial charge in [0.25, 0.3) is 5.91 Å². The molecule has 3 aromatic rings. The van der Waals surface area contributed by atoms with E-state index in [-0.39, 0.29) is 11.6 Å². The molecule has 1 amide bonds. The highest BCUT2D eigenvalue weighted by Crippen LogP contribution is 2.32. The summed E-state index contributed by atoms with van der Waals surface area (Å²) in [6.45, 7) is 3.25. The SMILES string of the molecule is CC(C)Nc1c(C(=O)NCCC(F)(F)F)cnc2c1[nH]c1cc(C#N)ccc12. The zero-order valence-corrected chi connectivity index (χ0v) is 15.2. The summed E-state index contributed by atoms with van der Waals surface area (Å²) < 4.78 is 37.0. The Balaban J connectivity index is 2.06. The third kappa shape index (κ3) is 4.01. The lowest BCUT2D eigenvalue weighted by Gasteiger charge is -2.16. The van der Waals surface area contributed by atoms with Crippen molar-refractivity contribution >= 4 is 33.5 Å². The van der Waals surface area contributed by atoms with Crippen LogP contribution in [0, 0.1) is 11.3 Å². The zero-order chi connectivity index (χ0) is 20.5. The number of amides is 1. The molecule has 0 saturated carbocycles. The van der Waals surface area contributed by atoms with Crippen LogP contribution in [0.5, 0.6) is 0 Å². The van der Waals surface area contributed by atoms with E-state index in [0.29, 0.717) is 27.8 Å². The fourth-order valence-electron chi connectivity index (χ4n) is 2.92. The van der Waals surface area contributed by atoms with E-state index in [4.69, 9.17) is 5.26 Å². The van der Waals surface area contributed by atoms with Gasteiger partial charge in [-0.05, 0) is 32.0 Å². The summed E-state index contributed by atoms with van der Waals surface area (Å²) >= 11 is 0. The lowest BCUT2D eigenvalue weighted by Crippen LogP contribution is -2.29. The van der Waals surface area contributed by atoms with Gasteiger partial charge < -0.3 is 15.6 Å². The first kappa shape index (κ1) is 19.5. The largest absolute Gasteiger partial charge is 0.390 e. The number of anilines is 1. The number of pyridine rings is 1. The molecule has 3 rings (SSSR count). The van der Waals surface area contributed by atoms with Gasteiger partial charge in [-0.25, -0.2) is 0 Å². The number of carbonyl (C=O) groups excluding carboxylic acids is 1. The quantitative estimate of drug-likeness (QED) is 0.613. The van der Waals surface area contributed by atoms with E-state index in [1.54, 1.807) is 18.2 Å². The van der Waals surface area contributed by atoms with E-state index in [0.717, 1.165) is 5.39 Å². The number of H-pyrrole nitrogens is 1. The predicted molar refractivity (Wildman–Crippen MR) is 100 cm³/mol. The van der Waals surface area contributed by atoms with Crippen LogP contribution in [0.25, 0.3) is 21.9 Å². The van der Waals surface area contributed by atoms with Gasteiger partial charge in [-0.1, -0.05) is 0 Å². The second kappa shape index (κ2) is 7.38. The van der Waals surface area contributed by atoms with Crippen LogP contribution in [0.4, 0.5) is 18.9 Å². The summed E-state index contributed by atoms with van der Waals surface area (Å²) in [5.74, 6) is -0.641. The van der Waals surface area contributed by atoms with E-state index in [2.05, 4.69) is 26.7 Å². The Kier molecular flexibility index (Phi) is 5.14. The van der Waals surface area contributed by atoms with Gasteiger partial charge in [0.15, 0.2) is 0 Å². The van der Waals surface area contributed by atoms with Gasteiger partial charge in [-0.3, -0.25) is 9.78 Å². The number of nitriles is 1. The Bertz CT molecular complexity index is 1080. The maximum absolute atomic E-state index is 12.5. The van der Waals surface area contributed by atoms with Crippen LogP contribution in [-0.2, 0) is 0 Å². The highest BCUT2D eigenvalue weighted by molar-refractivity contribution is 6.13. The Morgan fingerprint density at radius 1 is 1.36 bits per heavy atom. The summed E-state index contributed by atoms with van der Waals surface area (Å²) in [6.07, 6.45) is -4.10. The number of hydrogen-bond donors (Lipinski definition) is 3. The van der Waals surface area contributed by atoms with Crippen LogP contribution in [0.1, 0.15) is 36.2 Å². The molecule has 0 aliphatic rings. The molecule has 0 radical (unpaired) electrons. The molecule has 6 nitrogen and oxygen atoms in total. The summed E-state index contributed by atoms with van der Waals surface area (Å²) in [7, 11) is 0. The van der Waals surface area contributed by atoms with Crippen LogP contribution in [0.2, 0.25) is 0 Å². The van der Waals surface area contributed by atoms with Gasteiger partial charge >= 0.3 is 6.18 Å². The normalized spacial score (nSPS) is 11.8. The third-order valence-electron chi connectivity index (χ3n) is 4.11. The molecule has 146 valence electrons. The molecule has 2 heterocycles. The molecule has 0 saturated heterocycles. The van der Waals surface area contributed by atoms with Crippen molar-refractivity contribution in [1.82, 2.24) is 15.3 Å². The predicted octanol–water partition coefficient (Wildman–Crippen LogP) is 4.09. The van der Waals surface area contributed by atoms with Gasteiger partial charge in [-0.15, -0.1) is 0 Å². The van der Waals surface area contributed by atoms with E-state index in [1.807, 2.05) is 13.8 Å². The summed E-state index contributed by atoms with van der Waals surface area (Å²) in [6, 6.07) is 7.15. The maximum atomic E-state index is 12.5. The number of rotatable bonds is 5. The van der Waals surface area contributed by atoms with Crippen LogP contribution < -0.4 is 10.6 Å². The summed E-state index contributed by atoms with van der Waals surface area (Å²) in [5.41, 5.74) is 2.93. The third-order valence-corrected chi connectivity index (χ3v) is 4.11. The summed E-state index contributed by atoms with van der Waals surface area (Å²) in [5, 5.41) is 15.3. The number of aromatic amines is 1. The highest BCUT2D eigenvalue weighted by Gasteiger charge is 2.27.